The first-order valence-electron chi connectivity index (χ1n) is 8.59. The highest BCUT2D eigenvalue weighted by Gasteiger charge is 2.23. The van der Waals surface area contributed by atoms with Gasteiger partial charge in [-0.25, -0.2) is 0 Å². The van der Waals surface area contributed by atoms with Crippen LogP contribution in [-0.4, -0.2) is 42.3 Å². The number of amides is 1. The fraction of sp³-hybridized carbons (Fsp3) is 0.579. The summed E-state index contributed by atoms with van der Waals surface area (Å²) >= 11 is 0. The van der Waals surface area contributed by atoms with Gasteiger partial charge in [0.1, 0.15) is 0 Å². The van der Waals surface area contributed by atoms with E-state index in [2.05, 4.69) is 19.2 Å². The van der Waals surface area contributed by atoms with Gasteiger partial charge in [-0.15, -0.1) is 12.4 Å². The standard InChI is InChI=1S/C19H28N2O2.ClH/c1-14(2)12-16-4-6-17(7-5-16)18(22)8-9-19(23)21-11-10-20-13-15(21)3;/h4-7,14-15,20H,8-13H2,1-3H3;1H/t15-;/m0./s1. The number of Topliss-reactive ketones (excluding diaryl/α,β-unsaturated/α-hetero) is 1. The zero-order valence-corrected chi connectivity index (χ0v) is 15.7. The van der Waals surface area contributed by atoms with Crippen LogP contribution in [0.2, 0.25) is 0 Å². The molecule has 4 nitrogen and oxygen atoms in total. The molecular formula is C19H29ClN2O2. The van der Waals surface area contributed by atoms with Crippen LogP contribution < -0.4 is 5.32 Å². The summed E-state index contributed by atoms with van der Waals surface area (Å²) in [7, 11) is 0. The molecule has 1 heterocycles. The van der Waals surface area contributed by atoms with E-state index in [1.165, 1.54) is 5.56 Å². The van der Waals surface area contributed by atoms with E-state index in [1.54, 1.807) is 0 Å². The van der Waals surface area contributed by atoms with Crippen molar-refractivity contribution in [2.75, 3.05) is 19.6 Å². The maximum absolute atomic E-state index is 12.3. The number of rotatable bonds is 6. The molecule has 1 amide bonds. The lowest BCUT2D eigenvalue weighted by Crippen LogP contribution is -2.52. The van der Waals surface area contributed by atoms with Crippen molar-refractivity contribution in [3.63, 3.8) is 0 Å². The van der Waals surface area contributed by atoms with Crippen LogP contribution in [-0.2, 0) is 11.2 Å². The third-order valence-electron chi connectivity index (χ3n) is 4.31. The largest absolute Gasteiger partial charge is 0.337 e. The summed E-state index contributed by atoms with van der Waals surface area (Å²) < 4.78 is 0. The second-order valence-corrected chi connectivity index (χ2v) is 6.86. The predicted octanol–water partition coefficient (Wildman–Crippen LogP) is 3.09. The molecule has 1 N–H and O–H groups in total. The monoisotopic (exact) mass is 352 g/mol. The third-order valence-corrected chi connectivity index (χ3v) is 4.31. The number of hydrogen-bond donors (Lipinski definition) is 1. The number of piperazine rings is 1. The molecule has 1 atom stereocenters. The molecule has 1 aromatic carbocycles. The molecule has 1 aliphatic rings. The highest BCUT2D eigenvalue weighted by molar-refractivity contribution is 5.98. The van der Waals surface area contributed by atoms with Gasteiger partial charge in [0.15, 0.2) is 5.78 Å². The van der Waals surface area contributed by atoms with Gasteiger partial charge in [-0.05, 0) is 24.8 Å². The quantitative estimate of drug-likeness (QED) is 0.800. The van der Waals surface area contributed by atoms with Crippen molar-refractivity contribution in [1.29, 1.82) is 0 Å². The Morgan fingerprint density at radius 1 is 1.21 bits per heavy atom. The first-order chi connectivity index (χ1) is 11.0. The van der Waals surface area contributed by atoms with Gasteiger partial charge < -0.3 is 10.2 Å². The summed E-state index contributed by atoms with van der Waals surface area (Å²) in [6, 6.07) is 8.03. The number of nitrogens with zero attached hydrogens (tertiary/aromatic N) is 1. The lowest BCUT2D eigenvalue weighted by molar-refractivity contribution is -0.133. The van der Waals surface area contributed by atoms with Crippen LogP contribution in [0, 0.1) is 5.92 Å². The van der Waals surface area contributed by atoms with Crippen LogP contribution in [0.25, 0.3) is 0 Å². The minimum Gasteiger partial charge on any atom is -0.337 e. The Morgan fingerprint density at radius 3 is 2.46 bits per heavy atom. The van der Waals surface area contributed by atoms with Gasteiger partial charge in [0.2, 0.25) is 5.91 Å². The van der Waals surface area contributed by atoms with Crippen LogP contribution in [0.4, 0.5) is 0 Å². The third kappa shape index (κ3) is 5.91. The highest BCUT2D eigenvalue weighted by Crippen LogP contribution is 2.13. The van der Waals surface area contributed by atoms with Crippen LogP contribution in [0.3, 0.4) is 0 Å². The average Bonchev–Trinajstić information content (AvgIpc) is 2.53. The lowest BCUT2D eigenvalue weighted by Gasteiger charge is -2.34. The Morgan fingerprint density at radius 2 is 1.88 bits per heavy atom. The van der Waals surface area contributed by atoms with Crippen molar-refractivity contribution in [2.45, 2.75) is 46.1 Å². The molecule has 1 aliphatic heterocycles. The Hall–Kier alpha value is -1.39. The van der Waals surface area contributed by atoms with E-state index in [0.717, 1.165) is 26.1 Å². The minimum atomic E-state index is 0. The van der Waals surface area contributed by atoms with E-state index in [1.807, 2.05) is 36.1 Å². The van der Waals surface area contributed by atoms with Crippen molar-refractivity contribution in [2.24, 2.45) is 5.92 Å². The molecule has 0 aliphatic carbocycles. The molecule has 0 aromatic heterocycles. The number of benzene rings is 1. The maximum Gasteiger partial charge on any atom is 0.223 e. The summed E-state index contributed by atoms with van der Waals surface area (Å²) in [6.45, 7) is 8.80. The van der Waals surface area contributed by atoms with Gasteiger partial charge in [0.25, 0.3) is 0 Å². The minimum absolute atomic E-state index is 0. The molecule has 0 unspecified atom stereocenters. The average molecular weight is 353 g/mol. The molecule has 1 fully saturated rings. The number of carbonyl (C=O) groups excluding carboxylic acids is 2. The van der Waals surface area contributed by atoms with Gasteiger partial charge in [-0.3, -0.25) is 9.59 Å². The Kier molecular flexibility index (Phi) is 8.43. The molecule has 134 valence electrons. The topological polar surface area (TPSA) is 49.4 Å². The lowest BCUT2D eigenvalue weighted by atomic mass is 9.99. The predicted molar refractivity (Wildman–Crippen MR) is 99.8 cm³/mol. The summed E-state index contributed by atoms with van der Waals surface area (Å²) in [5.41, 5.74) is 1.96. The second-order valence-electron chi connectivity index (χ2n) is 6.86. The SMILES string of the molecule is CC(C)Cc1ccc(C(=O)CCC(=O)N2CCNC[C@@H]2C)cc1.Cl. The summed E-state index contributed by atoms with van der Waals surface area (Å²) in [5, 5.41) is 3.27. The van der Waals surface area contributed by atoms with E-state index in [0.29, 0.717) is 24.3 Å². The van der Waals surface area contributed by atoms with Crippen LogP contribution in [0.15, 0.2) is 24.3 Å². The molecule has 1 saturated heterocycles. The van der Waals surface area contributed by atoms with Gasteiger partial charge in [-0.2, -0.15) is 0 Å². The molecule has 0 bridgehead atoms. The van der Waals surface area contributed by atoms with Gasteiger partial charge in [0.05, 0.1) is 0 Å². The Labute approximate surface area is 151 Å². The zero-order valence-electron chi connectivity index (χ0n) is 14.9. The summed E-state index contributed by atoms with van der Waals surface area (Å²) in [4.78, 5) is 26.4. The fourth-order valence-electron chi connectivity index (χ4n) is 3.02. The number of hydrogen-bond acceptors (Lipinski definition) is 3. The smallest absolute Gasteiger partial charge is 0.223 e. The second kappa shape index (κ2) is 9.80. The van der Waals surface area contributed by atoms with Crippen molar-refractivity contribution in [3.05, 3.63) is 35.4 Å². The number of carbonyl (C=O) groups is 2. The molecule has 24 heavy (non-hydrogen) atoms. The zero-order chi connectivity index (χ0) is 16.8. The highest BCUT2D eigenvalue weighted by atomic mass is 35.5. The van der Waals surface area contributed by atoms with Crippen molar-refractivity contribution >= 4 is 24.1 Å². The molecule has 0 saturated carbocycles. The summed E-state index contributed by atoms with van der Waals surface area (Å²) in [5.74, 6) is 0.746. The van der Waals surface area contributed by atoms with Crippen LogP contribution in [0.5, 0.6) is 0 Å². The van der Waals surface area contributed by atoms with Crippen LogP contribution >= 0.6 is 12.4 Å². The molecule has 0 radical (unpaired) electrons. The molecule has 0 spiro atoms. The van der Waals surface area contributed by atoms with Crippen LogP contribution in [0.1, 0.15) is 49.5 Å². The number of nitrogens with one attached hydrogen (secondary N) is 1. The fourth-order valence-corrected chi connectivity index (χ4v) is 3.02. The van der Waals surface area contributed by atoms with E-state index in [-0.39, 0.29) is 30.1 Å². The van der Waals surface area contributed by atoms with E-state index in [4.69, 9.17) is 0 Å². The maximum atomic E-state index is 12.3. The summed E-state index contributed by atoms with van der Waals surface area (Å²) in [6.07, 6.45) is 1.61. The van der Waals surface area contributed by atoms with E-state index >= 15 is 0 Å². The molecule has 1 aromatic rings. The Balaban J connectivity index is 0.00000288. The molecular weight excluding hydrogens is 324 g/mol. The number of ketones is 1. The van der Waals surface area contributed by atoms with E-state index < -0.39 is 0 Å². The Bertz CT molecular complexity index is 543. The first-order valence-corrected chi connectivity index (χ1v) is 8.59. The van der Waals surface area contributed by atoms with Gasteiger partial charge in [-0.1, -0.05) is 38.1 Å². The molecule has 2 rings (SSSR count). The first kappa shape index (κ1) is 20.7. The normalized spacial score (nSPS) is 17.5. The number of halogens is 1. The van der Waals surface area contributed by atoms with Gasteiger partial charge >= 0.3 is 0 Å². The van der Waals surface area contributed by atoms with Gasteiger partial charge in [0, 0.05) is 44.1 Å². The molecule has 5 heteroatoms. The van der Waals surface area contributed by atoms with Crippen molar-refractivity contribution < 1.29 is 9.59 Å². The van der Waals surface area contributed by atoms with Crippen molar-refractivity contribution in [1.82, 2.24) is 10.2 Å². The van der Waals surface area contributed by atoms with E-state index in [9.17, 15) is 9.59 Å². The van der Waals surface area contributed by atoms with Crippen molar-refractivity contribution in [3.8, 4) is 0 Å².